The molecule has 0 spiro atoms. The lowest BCUT2D eigenvalue weighted by Crippen LogP contribution is -2.11. The van der Waals surface area contributed by atoms with Crippen LogP contribution in [0.5, 0.6) is 0 Å². The van der Waals surface area contributed by atoms with Crippen molar-refractivity contribution >= 4 is 21.9 Å². The van der Waals surface area contributed by atoms with Gasteiger partial charge < -0.3 is 4.42 Å². The number of hydrogen-bond donors (Lipinski definition) is 1. The highest BCUT2D eigenvalue weighted by Crippen LogP contribution is 2.29. The van der Waals surface area contributed by atoms with Crippen molar-refractivity contribution in [2.24, 2.45) is 0 Å². The molecule has 4 aromatic rings. The van der Waals surface area contributed by atoms with E-state index in [1.807, 2.05) is 36.4 Å². The first-order chi connectivity index (χ1) is 12.2. The maximum absolute atomic E-state index is 5.73. The molecule has 0 aliphatic rings. The van der Waals surface area contributed by atoms with Crippen LogP contribution in [0.15, 0.2) is 59.0 Å². The summed E-state index contributed by atoms with van der Waals surface area (Å²) in [4.78, 5) is 0. The van der Waals surface area contributed by atoms with Gasteiger partial charge in [0.1, 0.15) is 11.3 Å². The van der Waals surface area contributed by atoms with E-state index in [0.29, 0.717) is 0 Å². The molecule has 2 aromatic heterocycles. The summed E-state index contributed by atoms with van der Waals surface area (Å²) in [7, 11) is 0. The number of furan rings is 1. The summed E-state index contributed by atoms with van der Waals surface area (Å²) >= 11 is 0. The zero-order valence-electron chi connectivity index (χ0n) is 16.6. The zero-order chi connectivity index (χ0) is 18.9. The largest absolute Gasteiger partial charge is 0.461 e. The Morgan fingerprint density at radius 2 is 1.46 bits per heavy atom. The van der Waals surface area contributed by atoms with Gasteiger partial charge in [0.2, 0.25) is 0 Å². The standard InChI is InChI=1S/C12H14O.C11H14N2/c1-12(2,3)11-8-9-6-4-5-7-10(9)13-11;1-11(2,3)10-8-6-4-5-7-9(8)12-13-10/h4-8H,1-3H3;4-7H,1-3H3,(H,12,13). The topological polar surface area (TPSA) is 41.8 Å². The van der Waals surface area contributed by atoms with Gasteiger partial charge in [-0.1, -0.05) is 77.9 Å². The first kappa shape index (κ1) is 18.2. The molecule has 1 N–H and O–H groups in total. The molecular weight excluding hydrogens is 320 g/mol. The van der Waals surface area contributed by atoms with Crippen LogP contribution in [0.1, 0.15) is 53.0 Å². The number of hydrogen-bond acceptors (Lipinski definition) is 2. The van der Waals surface area contributed by atoms with E-state index in [1.54, 1.807) is 0 Å². The molecule has 3 nitrogen and oxygen atoms in total. The summed E-state index contributed by atoms with van der Waals surface area (Å²) in [5, 5.41) is 9.78. The van der Waals surface area contributed by atoms with Gasteiger partial charge in [-0.2, -0.15) is 5.10 Å². The molecule has 136 valence electrons. The van der Waals surface area contributed by atoms with Crippen LogP contribution in [0, 0.1) is 0 Å². The molecule has 0 bridgehead atoms. The van der Waals surface area contributed by atoms with Crippen LogP contribution in [0.2, 0.25) is 0 Å². The second-order valence-corrected chi connectivity index (χ2v) is 8.76. The van der Waals surface area contributed by atoms with Gasteiger partial charge in [-0.05, 0) is 18.2 Å². The van der Waals surface area contributed by atoms with Crippen molar-refractivity contribution in [3.8, 4) is 0 Å². The first-order valence-electron chi connectivity index (χ1n) is 9.09. The molecule has 0 radical (unpaired) electrons. The van der Waals surface area contributed by atoms with E-state index in [0.717, 1.165) is 16.9 Å². The minimum absolute atomic E-state index is 0.0962. The number of aromatic amines is 1. The van der Waals surface area contributed by atoms with Crippen molar-refractivity contribution in [2.45, 2.75) is 52.4 Å². The second kappa shape index (κ2) is 6.64. The summed E-state index contributed by atoms with van der Waals surface area (Å²) in [5.74, 6) is 1.05. The average Bonchev–Trinajstić information content (AvgIpc) is 3.19. The minimum Gasteiger partial charge on any atom is -0.461 e. The van der Waals surface area contributed by atoms with Gasteiger partial charge in [-0.25, -0.2) is 0 Å². The van der Waals surface area contributed by atoms with Gasteiger partial charge >= 0.3 is 0 Å². The Morgan fingerprint density at radius 1 is 0.808 bits per heavy atom. The molecular formula is C23H28N2O. The summed E-state index contributed by atoms with van der Waals surface area (Å²) in [6, 6.07) is 18.4. The number of benzene rings is 2. The molecule has 3 heteroatoms. The van der Waals surface area contributed by atoms with E-state index in [9.17, 15) is 0 Å². The van der Waals surface area contributed by atoms with Gasteiger partial charge in [0, 0.05) is 27.3 Å². The fourth-order valence-corrected chi connectivity index (χ4v) is 2.88. The number of para-hydroxylation sites is 2. The first-order valence-corrected chi connectivity index (χ1v) is 9.09. The predicted octanol–water partition coefficient (Wildman–Crippen LogP) is 6.59. The van der Waals surface area contributed by atoms with Crippen LogP contribution in [0.25, 0.3) is 21.9 Å². The van der Waals surface area contributed by atoms with Crippen LogP contribution in [-0.4, -0.2) is 10.2 Å². The quantitative estimate of drug-likeness (QED) is 0.389. The Labute approximate surface area is 155 Å². The third-order valence-electron chi connectivity index (χ3n) is 4.38. The zero-order valence-corrected chi connectivity index (χ0v) is 16.6. The Hall–Kier alpha value is -2.55. The maximum atomic E-state index is 5.73. The van der Waals surface area contributed by atoms with Crippen LogP contribution >= 0.6 is 0 Å². The van der Waals surface area contributed by atoms with Gasteiger partial charge in [0.25, 0.3) is 0 Å². The molecule has 0 saturated carbocycles. The number of nitrogens with one attached hydrogen (secondary N) is 1. The molecule has 0 amide bonds. The monoisotopic (exact) mass is 348 g/mol. The summed E-state index contributed by atoms with van der Waals surface area (Å²) in [5.41, 5.74) is 3.47. The van der Waals surface area contributed by atoms with Crippen LogP contribution in [0.3, 0.4) is 0 Å². The van der Waals surface area contributed by atoms with Crippen LogP contribution in [0.4, 0.5) is 0 Å². The van der Waals surface area contributed by atoms with Crippen molar-refractivity contribution in [2.75, 3.05) is 0 Å². The Balaban J connectivity index is 0.000000151. The average molecular weight is 348 g/mol. The van der Waals surface area contributed by atoms with Gasteiger partial charge in [-0.3, -0.25) is 5.10 Å². The van der Waals surface area contributed by atoms with E-state index in [-0.39, 0.29) is 10.8 Å². The highest BCUT2D eigenvalue weighted by atomic mass is 16.3. The fraction of sp³-hybridized carbons (Fsp3) is 0.348. The summed E-state index contributed by atoms with van der Waals surface area (Å²) < 4.78 is 5.73. The van der Waals surface area contributed by atoms with E-state index in [1.165, 1.54) is 16.5 Å². The Bertz CT molecular complexity index is 968. The number of H-pyrrole nitrogens is 1. The minimum atomic E-state index is 0.0962. The van der Waals surface area contributed by atoms with Gasteiger partial charge in [-0.15, -0.1) is 0 Å². The van der Waals surface area contributed by atoms with Crippen LogP contribution < -0.4 is 0 Å². The molecule has 26 heavy (non-hydrogen) atoms. The maximum Gasteiger partial charge on any atom is 0.134 e. The highest BCUT2D eigenvalue weighted by Gasteiger charge is 2.19. The summed E-state index contributed by atoms with van der Waals surface area (Å²) in [6.07, 6.45) is 0. The SMILES string of the molecule is CC(C)(C)c1[nH]nc2ccccc12.CC(C)(C)c1cc2ccccc2o1. The van der Waals surface area contributed by atoms with Crippen molar-refractivity contribution in [1.29, 1.82) is 0 Å². The number of aromatic nitrogens is 2. The third kappa shape index (κ3) is 3.82. The van der Waals surface area contributed by atoms with E-state index >= 15 is 0 Å². The Morgan fingerprint density at radius 3 is 2.12 bits per heavy atom. The molecule has 0 fully saturated rings. The van der Waals surface area contributed by atoms with E-state index in [2.05, 4.69) is 69.9 Å². The van der Waals surface area contributed by atoms with Gasteiger partial charge in [0.15, 0.2) is 0 Å². The Kier molecular flexibility index (Phi) is 4.66. The lowest BCUT2D eigenvalue weighted by molar-refractivity contribution is 0.430. The van der Waals surface area contributed by atoms with Crippen molar-refractivity contribution < 1.29 is 4.42 Å². The second-order valence-electron chi connectivity index (χ2n) is 8.76. The smallest absolute Gasteiger partial charge is 0.134 e. The van der Waals surface area contributed by atoms with Crippen molar-refractivity contribution in [3.05, 3.63) is 66.1 Å². The molecule has 4 rings (SSSR count). The molecule has 0 saturated heterocycles. The molecule has 0 unspecified atom stereocenters. The lowest BCUT2D eigenvalue weighted by atomic mass is 9.90. The van der Waals surface area contributed by atoms with E-state index in [4.69, 9.17) is 4.42 Å². The number of rotatable bonds is 0. The highest BCUT2D eigenvalue weighted by molar-refractivity contribution is 5.82. The molecule has 2 heterocycles. The number of fused-ring (bicyclic) bond motifs is 2. The fourth-order valence-electron chi connectivity index (χ4n) is 2.88. The third-order valence-corrected chi connectivity index (χ3v) is 4.38. The van der Waals surface area contributed by atoms with Gasteiger partial charge in [0.05, 0.1) is 5.52 Å². The summed E-state index contributed by atoms with van der Waals surface area (Å²) in [6.45, 7) is 13.0. The molecule has 0 aliphatic heterocycles. The normalized spacial score (nSPS) is 12.2. The number of nitrogens with zero attached hydrogens (tertiary/aromatic N) is 1. The molecule has 2 aromatic carbocycles. The predicted molar refractivity (Wildman–Crippen MR) is 110 cm³/mol. The molecule has 0 aliphatic carbocycles. The lowest BCUT2D eigenvalue weighted by Gasteiger charge is -2.16. The van der Waals surface area contributed by atoms with Crippen molar-refractivity contribution in [3.63, 3.8) is 0 Å². The van der Waals surface area contributed by atoms with Crippen LogP contribution in [-0.2, 0) is 10.8 Å². The molecule has 0 atom stereocenters. The van der Waals surface area contributed by atoms with E-state index < -0.39 is 0 Å². The van der Waals surface area contributed by atoms with Crippen molar-refractivity contribution in [1.82, 2.24) is 10.2 Å².